The van der Waals surface area contributed by atoms with Gasteiger partial charge in [0.25, 0.3) is 5.91 Å². The zero-order valence-corrected chi connectivity index (χ0v) is 13.0. The van der Waals surface area contributed by atoms with E-state index >= 15 is 0 Å². The number of hydrogen-bond donors (Lipinski definition) is 2. The van der Waals surface area contributed by atoms with Crippen molar-refractivity contribution in [1.29, 1.82) is 0 Å². The second-order valence-electron chi connectivity index (χ2n) is 3.87. The highest BCUT2D eigenvalue weighted by atomic mass is 79.9. The molecule has 2 N–H and O–H groups in total. The lowest BCUT2D eigenvalue weighted by Gasteiger charge is -2.08. The van der Waals surface area contributed by atoms with Crippen molar-refractivity contribution in [2.24, 2.45) is 0 Å². The van der Waals surface area contributed by atoms with Gasteiger partial charge in [-0.25, -0.2) is 0 Å². The summed E-state index contributed by atoms with van der Waals surface area (Å²) in [5.41, 5.74) is 0.447. The Morgan fingerprint density at radius 1 is 1.25 bits per heavy atom. The van der Waals surface area contributed by atoms with Gasteiger partial charge in [-0.05, 0) is 34.1 Å². The molecule has 0 aliphatic heterocycles. The van der Waals surface area contributed by atoms with Crippen LogP contribution < -0.4 is 15.4 Å². The van der Waals surface area contributed by atoms with Gasteiger partial charge >= 0.3 is 0 Å². The van der Waals surface area contributed by atoms with E-state index in [0.29, 0.717) is 28.9 Å². The monoisotopic (exact) mass is 344 g/mol. The van der Waals surface area contributed by atoms with E-state index in [0.717, 1.165) is 0 Å². The van der Waals surface area contributed by atoms with Crippen molar-refractivity contribution >= 4 is 27.7 Å². The lowest BCUT2D eigenvalue weighted by atomic mass is 10.2. The maximum Gasteiger partial charge on any atom is 0.251 e. The maximum absolute atomic E-state index is 11.9. The van der Waals surface area contributed by atoms with Gasteiger partial charge in [0.15, 0.2) is 0 Å². The Balaban J connectivity index is 2.46. The lowest BCUT2D eigenvalue weighted by molar-refractivity contribution is -0.120. The van der Waals surface area contributed by atoms with Crippen molar-refractivity contribution in [2.45, 2.75) is 0 Å². The summed E-state index contributed by atoms with van der Waals surface area (Å²) >= 11 is 3.30. The number of nitrogens with one attached hydrogen (secondary N) is 2. The SMILES string of the molecule is COCCNC(=O)CNC(=O)c1ccc(OC)c(Br)c1. The molecule has 110 valence electrons. The number of halogens is 1. The smallest absolute Gasteiger partial charge is 0.251 e. The quantitative estimate of drug-likeness (QED) is 0.722. The molecule has 0 saturated heterocycles. The number of rotatable bonds is 7. The third-order valence-corrected chi connectivity index (χ3v) is 3.07. The van der Waals surface area contributed by atoms with Crippen molar-refractivity contribution in [2.75, 3.05) is 33.9 Å². The van der Waals surface area contributed by atoms with Crippen molar-refractivity contribution < 1.29 is 19.1 Å². The van der Waals surface area contributed by atoms with E-state index in [1.807, 2.05) is 0 Å². The minimum atomic E-state index is -0.324. The first-order valence-corrected chi connectivity index (χ1v) is 6.75. The van der Waals surface area contributed by atoms with Crippen molar-refractivity contribution in [3.05, 3.63) is 28.2 Å². The van der Waals surface area contributed by atoms with Crippen molar-refractivity contribution in [3.63, 3.8) is 0 Å². The molecule has 6 nitrogen and oxygen atoms in total. The number of ether oxygens (including phenoxy) is 2. The Labute approximate surface area is 126 Å². The minimum absolute atomic E-state index is 0.0772. The molecule has 1 rings (SSSR count). The average Bonchev–Trinajstić information content (AvgIpc) is 2.45. The molecule has 1 aromatic rings. The standard InChI is InChI=1S/C13H17BrN2O4/c1-19-6-5-15-12(17)8-16-13(18)9-3-4-11(20-2)10(14)7-9/h3-4,7H,5-6,8H2,1-2H3,(H,15,17)(H,16,18). The summed E-state index contributed by atoms with van der Waals surface area (Å²) < 4.78 is 10.6. The molecule has 7 heteroatoms. The summed E-state index contributed by atoms with van der Waals surface area (Å²) in [6, 6.07) is 4.94. The molecule has 20 heavy (non-hydrogen) atoms. The van der Waals surface area contributed by atoms with Gasteiger partial charge in [-0.1, -0.05) is 0 Å². The Morgan fingerprint density at radius 3 is 2.60 bits per heavy atom. The Hall–Kier alpha value is -1.60. The van der Waals surface area contributed by atoms with Gasteiger partial charge in [-0.3, -0.25) is 9.59 Å². The molecular formula is C13H17BrN2O4. The fourth-order valence-corrected chi connectivity index (χ4v) is 1.97. The van der Waals surface area contributed by atoms with Gasteiger partial charge in [0.05, 0.1) is 24.7 Å². The normalized spacial score (nSPS) is 9.95. The zero-order valence-electron chi connectivity index (χ0n) is 11.4. The number of methoxy groups -OCH3 is 2. The minimum Gasteiger partial charge on any atom is -0.496 e. The van der Waals surface area contributed by atoms with Crippen LogP contribution >= 0.6 is 15.9 Å². The predicted molar refractivity (Wildman–Crippen MR) is 77.9 cm³/mol. The molecule has 0 aliphatic carbocycles. The molecule has 0 heterocycles. The van der Waals surface area contributed by atoms with E-state index in [2.05, 4.69) is 26.6 Å². The summed E-state index contributed by atoms with van der Waals surface area (Å²) in [5, 5.41) is 5.15. The molecule has 0 fully saturated rings. The second-order valence-corrected chi connectivity index (χ2v) is 4.73. The van der Waals surface area contributed by atoms with Gasteiger partial charge in [-0.2, -0.15) is 0 Å². The largest absolute Gasteiger partial charge is 0.496 e. The molecule has 0 radical (unpaired) electrons. The molecule has 0 bridgehead atoms. The van der Waals surface area contributed by atoms with E-state index in [1.165, 1.54) is 0 Å². The van der Waals surface area contributed by atoms with Crippen LogP contribution in [0.4, 0.5) is 0 Å². The molecule has 0 aliphatic rings. The third-order valence-electron chi connectivity index (χ3n) is 2.45. The summed E-state index contributed by atoms with van der Waals surface area (Å²) in [6.07, 6.45) is 0. The van der Waals surface area contributed by atoms with Crippen LogP contribution in [0.5, 0.6) is 5.75 Å². The highest BCUT2D eigenvalue weighted by Gasteiger charge is 2.10. The fourth-order valence-electron chi connectivity index (χ4n) is 1.43. The van der Waals surface area contributed by atoms with Crippen LogP contribution in [0.15, 0.2) is 22.7 Å². The molecule has 0 aromatic heterocycles. The first kappa shape index (κ1) is 16.5. The van der Waals surface area contributed by atoms with Gasteiger partial charge in [-0.15, -0.1) is 0 Å². The van der Waals surface area contributed by atoms with E-state index in [4.69, 9.17) is 9.47 Å². The number of carbonyl (C=O) groups is 2. The summed E-state index contributed by atoms with van der Waals surface area (Å²) in [4.78, 5) is 23.3. The van der Waals surface area contributed by atoms with Gasteiger partial charge in [0.1, 0.15) is 5.75 Å². The molecule has 1 aromatic carbocycles. The van der Waals surface area contributed by atoms with E-state index in [-0.39, 0.29) is 18.4 Å². The molecule has 0 atom stereocenters. The lowest BCUT2D eigenvalue weighted by Crippen LogP contribution is -2.38. The molecule has 0 saturated carbocycles. The van der Waals surface area contributed by atoms with Gasteiger partial charge in [0, 0.05) is 19.2 Å². The maximum atomic E-state index is 11.9. The van der Waals surface area contributed by atoms with Crippen LogP contribution in [-0.2, 0) is 9.53 Å². The summed E-state index contributed by atoms with van der Waals surface area (Å²) in [7, 11) is 3.10. The van der Waals surface area contributed by atoms with Crippen LogP contribution in [0, 0.1) is 0 Å². The highest BCUT2D eigenvalue weighted by Crippen LogP contribution is 2.25. The number of benzene rings is 1. The molecule has 2 amide bonds. The Kier molecular flexibility index (Phi) is 7.03. The number of hydrogen-bond acceptors (Lipinski definition) is 4. The van der Waals surface area contributed by atoms with E-state index < -0.39 is 0 Å². The highest BCUT2D eigenvalue weighted by molar-refractivity contribution is 9.10. The van der Waals surface area contributed by atoms with Crippen LogP contribution in [0.3, 0.4) is 0 Å². The number of amides is 2. The molecule has 0 unspecified atom stereocenters. The van der Waals surface area contributed by atoms with E-state index in [1.54, 1.807) is 32.4 Å². The fraction of sp³-hybridized carbons (Fsp3) is 0.385. The van der Waals surface area contributed by atoms with Crippen LogP contribution in [0.1, 0.15) is 10.4 Å². The topological polar surface area (TPSA) is 76.7 Å². The molecule has 0 spiro atoms. The first-order chi connectivity index (χ1) is 9.58. The Bertz CT molecular complexity index is 479. The Morgan fingerprint density at radius 2 is 2.00 bits per heavy atom. The summed E-state index contributed by atoms with van der Waals surface area (Å²) in [6.45, 7) is 0.774. The number of carbonyl (C=O) groups excluding carboxylic acids is 2. The van der Waals surface area contributed by atoms with E-state index in [9.17, 15) is 9.59 Å². The van der Waals surface area contributed by atoms with Gasteiger partial charge in [0.2, 0.25) is 5.91 Å². The average molecular weight is 345 g/mol. The van der Waals surface area contributed by atoms with Gasteiger partial charge < -0.3 is 20.1 Å². The van der Waals surface area contributed by atoms with Crippen LogP contribution in [0.25, 0.3) is 0 Å². The first-order valence-electron chi connectivity index (χ1n) is 5.96. The van der Waals surface area contributed by atoms with Crippen molar-refractivity contribution in [1.82, 2.24) is 10.6 Å². The predicted octanol–water partition coefficient (Wildman–Crippen LogP) is 0.950. The van der Waals surface area contributed by atoms with Crippen molar-refractivity contribution in [3.8, 4) is 5.75 Å². The van der Waals surface area contributed by atoms with Crippen LogP contribution in [-0.4, -0.2) is 45.7 Å². The second kappa shape index (κ2) is 8.55. The third kappa shape index (κ3) is 5.18. The molecular weight excluding hydrogens is 328 g/mol. The zero-order chi connectivity index (χ0) is 15.0. The summed E-state index contributed by atoms with van der Waals surface area (Å²) in [5.74, 6) is 0.0529. The van der Waals surface area contributed by atoms with Crippen LogP contribution in [0.2, 0.25) is 0 Å².